The highest BCUT2D eigenvalue weighted by Gasteiger charge is 2.41. The highest BCUT2D eigenvalue weighted by atomic mass is 16.1. The summed E-state index contributed by atoms with van der Waals surface area (Å²) in [5.74, 6) is 1.61. The summed E-state index contributed by atoms with van der Waals surface area (Å²) >= 11 is 0. The lowest BCUT2D eigenvalue weighted by molar-refractivity contribution is -0.117. The number of hydrogen-bond donors (Lipinski definition) is 0. The molecule has 0 spiro atoms. The first-order valence-corrected chi connectivity index (χ1v) is 5.56. The molecule has 0 aromatic heterocycles. The van der Waals surface area contributed by atoms with Crippen LogP contribution in [0, 0.1) is 11.8 Å². The Morgan fingerprint density at radius 1 is 1.54 bits per heavy atom. The van der Waals surface area contributed by atoms with Gasteiger partial charge in [-0.25, -0.2) is 0 Å². The zero-order valence-electron chi connectivity index (χ0n) is 8.38. The molecule has 0 bridgehead atoms. The molecule has 2 aliphatic rings. The van der Waals surface area contributed by atoms with Gasteiger partial charge in [0.05, 0.1) is 0 Å². The lowest BCUT2D eigenvalue weighted by Gasteiger charge is -2.10. The molecule has 0 N–H and O–H groups in total. The van der Waals surface area contributed by atoms with Gasteiger partial charge in [0.2, 0.25) is 0 Å². The van der Waals surface area contributed by atoms with Gasteiger partial charge in [-0.3, -0.25) is 4.79 Å². The first-order chi connectivity index (χ1) is 6.33. The number of carbonyl (C=O) groups is 1. The summed E-state index contributed by atoms with van der Waals surface area (Å²) in [5, 5.41) is 0. The van der Waals surface area contributed by atoms with E-state index in [-0.39, 0.29) is 0 Å². The SMILES string of the molecule is CCC1CC1C(=O)C1=CCCCC1. The summed E-state index contributed by atoms with van der Waals surface area (Å²) in [6, 6.07) is 0. The smallest absolute Gasteiger partial charge is 0.161 e. The minimum Gasteiger partial charge on any atom is -0.294 e. The number of ketones is 1. The normalized spacial score (nSPS) is 32.5. The van der Waals surface area contributed by atoms with Crippen molar-refractivity contribution in [3.63, 3.8) is 0 Å². The fraction of sp³-hybridized carbons (Fsp3) is 0.750. The average molecular weight is 178 g/mol. The Morgan fingerprint density at radius 3 is 2.92 bits per heavy atom. The third-order valence-corrected chi connectivity index (χ3v) is 3.39. The van der Waals surface area contributed by atoms with Crippen molar-refractivity contribution in [3.05, 3.63) is 11.6 Å². The second-order valence-electron chi connectivity index (χ2n) is 4.35. The minimum absolute atomic E-state index is 0.411. The molecule has 0 radical (unpaired) electrons. The molecule has 2 atom stereocenters. The van der Waals surface area contributed by atoms with Crippen LogP contribution in [-0.4, -0.2) is 5.78 Å². The molecule has 2 unspecified atom stereocenters. The zero-order valence-corrected chi connectivity index (χ0v) is 8.38. The van der Waals surface area contributed by atoms with Crippen LogP contribution < -0.4 is 0 Å². The molecular formula is C12H18O. The third-order valence-electron chi connectivity index (χ3n) is 3.39. The van der Waals surface area contributed by atoms with E-state index in [4.69, 9.17) is 0 Å². The maximum absolute atomic E-state index is 11.9. The van der Waals surface area contributed by atoms with Crippen LogP contribution in [0.4, 0.5) is 0 Å². The van der Waals surface area contributed by atoms with Crippen LogP contribution in [-0.2, 0) is 4.79 Å². The Labute approximate surface area is 80.2 Å². The van der Waals surface area contributed by atoms with E-state index in [2.05, 4.69) is 13.0 Å². The van der Waals surface area contributed by atoms with Gasteiger partial charge < -0.3 is 0 Å². The van der Waals surface area contributed by atoms with Crippen molar-refractivity contribution in [3.8, 4) is 0 Å². The number of rotatable bonds is 3. The Kier molecular flexibility index (Phi) is 2.52. The van der Waals surface area contributed by atoms with Crippen molar-refractivity contribution < 1.29 is 4.79 Å². The van der Waals surface area contributed by atoms with E-state index < -0.39 is 0 Å². The maximum Gasteiger partial charge on any atom is 0.161 e. The highest BCUT2D eigenvalue weighted by Crippen LogP contribution is 2.44. The summed E-state index contributed by atoms with van der Waals surface area (Å²) in [7, 11) is 0. The molecule has 0 aromatic carbocycles. The van der Waals surface area contributed by atoms with E-state index in [0.29, 0.717) is 11.7 Å². The molecule has 72 valence electrons. The van der Waals surface area contributed by atoms with Gasteiger partial charge in [0.25, 0.3) is 0 Å². The Hall–Kier alpha value is -0.590. The molecule has 1 nitrogen and oxygen atoms in total. The summed E-state index contributed by atoms with van der Waals surface area (Å²) in [6.45, 7) is 2.19. The number of allylic oxidation sites excluding steroid dienone is 2. The van der Waals surface area contributed by atoms with Gasteiger partial charge in [-0.1, -0.05) is 19.4 Å². The second kappa shape index (κ2) is 3.65. The van der Waals surface area contributed by atoms with Crippen LogP contribution in [0.1, 0.15) is 45.4 Å². The topological polar surface area (TPSA) is 17.1 Å². The lowest BCUT2D eigenvalue weighted by Crippen LogP contribution is -2.08. The predicted molar refractivity (Wildman–Crippen MR) is 53.4 cm³/mol. The van der Waals surface area contributed by atoms with Gasteiger partial charge in [0.1, 0.15) is 0 Å². The number of hydrogen-bond acceptors (Lipinski definition) is 1. The molecule has 1 fully saturated rings. The van der Waals surface area contributed by atoms with Crippen LogP contribution in [0.2, 0.25) is 0 Å². The van der Waals surface area contributed by atoms with Crippen LogP contribution in [0.5, 0.6) is 0 Å². The molecule has 1 saturated carbocycles. The fourth-order valence-electron chi connectivity index (χ4n) is 2.32. The molecule has 0 aliphatic heterocycles. The van der Waals surface area contributed by atoms with Gasteiger partial charge in [-0.15, -0.1) is 0 Å². The molecule has 2 aliphatic carbocycles. The molecule has 0 saturated heterocycles. The maximum atomic E-state index is 11.9. The predicted octanol–water partition coefficient (Wildman–Crippen LogP) is 3.10. The average Bonchev–Trinajstić information content (AvgIpc) is 2.97. The molecule has 0 amide bonds. The van der Waals surface area contributed by atoms with Crippen molar-refractivity contribution in [2.24, 2.45) is 11.8 Å². The molecular weight excluding hydrogens is 160 g/mol. The summed E-state index contributed by atoms with van der Waals surface area (Å²) in [5.41, 5.74) is 1.15. The van der Waals surface area contributed by atoms with E-state index in [1.165, 1.54) is 19.3 Å². The molecule has 0 aromatic rings. The summed E-state index contributed by atoms with van der Waals surface area (Å²) in [6.07, 6.45) is 9.20. The van der Waals surface area contributed by atoms with E-state index >= 15 is 0 Å². The highest BCUT2D eigenvalue weighted by molar-refractivity contribution is 5.99. The Morgan fingerprint density at radius 2 is 2.38 bits per heavy atom. The van der Waals surface area contributed by atoms with Crippen molar-refractivity contribution in [1.82, 2.24) is 0 Å². The fourth-order valence-corrected chi connectivity index (χ4v) is 2.32. The van der Waals surface area contributed by atoms with Crippen molar-refractivity contribution in [1.29, 1.82) is 0 Å². The van der Waals surface area contributed by atoms with Gasteiger partial charge in [0, 0.05) is 5.92 Å². The number of Topliss-reactive ketones (excluding diaryl/α,β-unsaturated/α-hetero) is 1. The third kappa shape index (κ3) is 1.84. The van der Waals surface area contributed by atoms with Gasteiger partial charge in [-0.05, 0) is 43.6 Å². The Bertz CT molecular complexity index is 240. The summed E-state index contributed by atoms with van der Waals surface area (Å²) in [4.78, 5) is 11.9. The quantitative estimate of drug-likeness (QED) is 0.649. The van der Waals surface area contributed by atoms with Crippen LogP contribution in [0.15, 0.2) is 11.6 Å². The van der Waals surface area contributed by atoms with E-state index in [9.17, 15) is 4.79 Å². The van der Waals surface area contributed by atoms with Gasteiger partial charge in [-0.2, -0.15) is 0 Å². The van der Waals surface area contributed by atoms with E-state index in [1.54, 1.807) is 0 Å². The summed E-state index contributed by atoms with van der Waals surface area (Å²) < 4.78 is 0. The molecule has 1 heteroatoms. The van der Waals surface area contributed by atoms with Gasteiger partial charge >= 0.3 is 0 Å². The molecule has 2 rings (SSSR count). The van der Waals surface area contributed by atoms with Gasteiger partial charge in [0.15, 0.2) is 5.78 Å². The minimum atomic E-state index is 0.411. The van der Waals surface area contributed by atoms with Crippen LogP contribution in [0.3, 0.4) is 0 Å². The monoisotopic (exact) mass is 178 g/mol. The molecule has 0 heterocycles. The zero-order chi connectivity index (χ0) is 9.26. The van der Waals surface area contributed by atoms with Crippen LogP contribution >= 0.6 is 0 Å². The van der Waals surface area contributed by atoms with Crippen molar-refractivity contribution >= 4 is 5.78 Å². The second-order valence-corrected chi connectivity index (χ2v) is 4.35. The largest absolute Gasteiger partial charge is 0.294 e. The first kappa shape index (κ1) is 8.98. The van der Waals surface area contributed by atoms with Crippen molar-refractivity contribution in [2.75, 3.05) is 0 Å². The van der Waals surface area contributed by atoms with E-state index in [0.717, 1.165) is 30.8 Å². The van der Waals surface area contributed by atoms with Crippen molar-refractivity contribution in [2.45, 2.75) is 45.4 Å². The first-order valence-electron chi connectivity index (χ1n) is 5.56. The molecule has 13 heavy (non-hydrogen) atoms. The Balaban J connectivity index is 1.94. The van der Waals surface area contributed by atoms with Crippen LogP contribution in [0.25, 0.3) is 0 Å². The van der Waals surface area contributed by atoms with E-state index in [1.807, 2.05) is 0 Å². The lowest BCUT2D eigenvalue weighted by atomic mass is 9.94. The standard InChI is InChI=1S/C12H18O/c1-2-9-8-11(9)12(13)10-6-4-3-5-7-10/h6,9,11H,2-5,7-8H2,1H3. The number of carbonyl (C=O) groups excluding carboxylic acids is 1.